The number of rotatable bonds is 8. The average molecular weight is 392 g/mol. The number of amides is 4. The number of imide groups is 1. The lowest BCUT2D eigenvalue weighted by Crippen LogP contribution is -2.41. The molecule has 0 spiro atoms. The topological polar surface area (TPSA) is 104 Å². The van der Waals surface area contributed by atoms with Gasteiger partial charge in [-0.2, -0.15) is 0 Å². The molecule has 0 fully saturated rings. The predicted molar refractivity (Wildman–Crippen MR) is 96.5 cm³/mol. The number of carbonyl (C=O) groups is 3. The number of nitrogens with one attached hydrogen (secondary N) is 2. The van der Waals surface area contributed by atoms with E-state index in [9.17, 15) is 14.4 Å². The van der Waals surface area contributed by atoms with E-state index in [1.54, 1.807) is 11.8 Å². The Morgan fingerprint density at radius 1 is 1.21 bits per heavy atom. The monoisotopic (exact) mass is 391 g/mol. The van der Waals surface area contributed by atoms with Gasteiger partial charge in [-0.15, -0.1) is 10.2 Å². The minimum Gasteiger partial charge on any atom is -0.343 e. The van der Waals surface area contributed by atoms with E-state index in [0.717, 1.165) is 0 Å². The van der Waals surface area contributed by atoms with Crippen molar-refractivity contribution in [3.8, 4) is 0 Å². The van der Waals surface area contributed by atoms with Gasteiger partial charge in [0.15, 0.2) is 8.68 Å². The van der Waals surface area contributed by atoms with Crippen molar-refractivity contribution < 1.29 is 14.4 Å². The van der Waals surface area contributed by atoms with E-state index in [0.29, 0.717) is 27.5 Å². The maximum Gasteiger partial charge on any atom is 0.321 e. The van der Waals surface area contributed by atoms with Crippen LogP contribution in [-0.2, 0) is 9.59 Å². The molecule has 0 aliphatic rings. The van der Waals surface area contributed by atoms with Gasteiger partial charge in [0, 0.05) is 20.1 Å². The predicted octanol–water partition coefficient (Wildman–Crippen LogP) is 1.43. The summed E-state index contributed by atoms with van der Waals surface area (Å²) >= 11 is 3.88. The molecule has 0 radical (unpaired) electrons. The summed E-state index contributed by atoms with van der Waals surface area (Å²) < 4.78 is 1.30. The first-order chi connectivity index (χ1) is 11.4. The number of hydrogen-bond donors (Lipinski definition) is 2. The van der Waals surface area contributed by atoms with Crippen molar-refractivity contribution in [2.75, 3.05) is 25.9 Å². The molecule has 0 aromatic carbocycles. The van der Waals surface area contributed by atoms with Crippen LogP contribution in [0.3, 0.4) is 0 Å². The first-order valence-corrected chi connectivity index (χ1v) is 10.0. The number of thioether (sulfide) groups is 2. The molecule has 2 N–H and O–H groups in total. The molecule has 0 aliphatic heterocycles. The van der Waals surface area contributed by atoms with Crippen LogP contribution in [-0.4, -0.2) is 64.1 Å². The highest BCUT2D eigenvalue weighted by Gasteiger charge is 2.19. The maximum atomic E-state index is 11.9. The molecular formula is C13H21N5O3S3. The standard InChI is InChI=1S/C13H21N5O3S3/c1-5-18(6-2)9(19)7-22-12-16-17-13(24-12)23-8(3)10(20)15-11(21)14-4/h8H,5-7H2,1-4H3,(H2,14,15,20,21)/t8-/m1/s1. The Bertz CT molecular complexity index is 577. The molecule has 11 heteroatoms. The number of carbonyl (C=O) groups excluding carboxylic acids is 3. The molecule has 1 aromatic heterocycles. The molecule has 0 saturated heterocycles. The highest BCUT2D eigenvalue weighted by molar-refractivity contribution is 8.04. The molecule has 1 heterocycles. The van der Waals surface area contributed by atoms with Crippen LogP contribution in [0.2, 0.25) is 0 Å². The highest BCUT2D eigenvalue weighted by atomic mass is 32.2. The molecule has 24 heavy (non-hydrogen) atoms. The zero-order valence-electron chi connectivity index (χ0n) is 14.0. The normalized spacial score (nSPS) is 11.7. The molecule has 8 nitrogen and oxygen atoms in total. The Kier molecular flexibility index (Phi) is 9.08. The van der Waals surface area contributed by atoms with Gasteiger partial charge in [0.2, 0.25) is 11.8 Å². The minimum atomic E-state index is -0.545. The van der Waals surface area contributed by atoms with E-state index in [1.165, 1.54) is 41.9 Å². The molecule has 134 valence electrons. The molecule has 0 bridgehead atoms. The van der Waals surface area contributed by atoms with E-state index >= 15 is 0 Å². The third kappa shape index (κ3) is 6.65. The SMILES string of the molecule is CCN(CC)C(=O)CSc1nnc(S[C@H](C)C(=O)NC(=O)NC)s1. The lowest BCUT2D eigenvalue weighted by molar-refractivity contribution is -0.128. The third-order valence-corrected chi connectivity index (χ3v) is 6.16. The van der Waals surface area contributed by atoms with Crippen molar-refractivity contribution in [3.05, 3.63) is 0 Å². The van der Waals surface area contributed by atoms with Crippen LogP contribution in [0.25, 0.3) is 0 Å². The molecule has 1 atom stereocenters. The second-order valence-electron chi connectivity index (χ2n) is 4.52. The molecule has 1 aromatic rings. The Balaban J connectivity index is 2.49. The van der Waals surface area contributed by atoms with Crippen LogP contribution >= 0.6 is 34.9 Å². The van der Waals surface area contributed by atoms with E-state index in [2.05, 4.69) is 20.8 Å². The van der Waals surface area contributed by atoms with Crippen LogP contribution < -0.4 is 10.6 Å². The van der Waals surface area contributed by atoms with Crippen molar-refractivity contribution in [3.63, 3.8) is 0 Å². The van der Waals surface area contributed by atoms with Crippen LogP contribution in [0.15, 0.2) is 8.68 Å². The Hall–Kier alpha value is -1.33. The molecule has 0 saturated carbocycles. The summed E-state index contributed by atoms with van der Waals surface area (Å²) in [5, 5.41) is 12.1. The highest BCUT2D eigenvalue weighted by Crippen LogP contribution is 2.31. The van der Waals surface area contributed by atoms with Crippen molar-refractivity contribution >= 4 is 52.7 Å². The lowest BCUT2D eigenvalue weighted by Gasteiger charge is -2.17. The van der Waals surface area contributed by atoms with Crippen molar-refractivity contribution in [2.45, 2.75) is 34.7 Å². The quantitative estimate of drug-likeness (QED) is 0.646. The van der Waals surface area contributed by atoms with Crippen LogP contribution in [0.1, 0.15) is 20.8 Å². The first-order valence-electron chi connectivity index (χ1n) is 7.34. The maximum absolute atomic E-state index is 11.9. The summed E-state index contributed by atoms with van der Waals surface area (Å²) in [5.41, 5.74) is 0. The summed E-state index contributed by atoms with van der Waals surface area (Å²) in [6.07, 6.45) is 0. The van der Waals surface area contributed by atoms with Crippen LogP contribution in [0.5, 0.6) is 0 Å². The van der Waals surface area contributed by atoms with Crippen molar-refractivity contribution in [1.29, 1.82) is 0 Å². The molecular weight excluding hydrogens is 370 g/mol. The van der Waals surface area contributed by atoms with Crippen molar-refractivity contribution in [1.82, 2.24) is 25.7 Å². The molecule has 4 amide bonds. The summed E-state index contributed by atoms with van der Waals surface area (Å²) in [7, 11) is 1.44. The van der Waals surface area contributed by atoms with Gasteiger partial charge in [0.25, 0.3) is 0 Å². The lowest BCUT2D eigenvalue weighted by atomic mass is 10.4. The minimum absolute atomic E-state index is 0.0627. The van der Waals surface area contributed by atoms with E-state index in [1.807, 2.05) is 13.8 Å². The summed E-state index contributed by atoms with van der Waals surface area (Å²) in [5.74, 6) is -0.0265. The fourth-order valence-corrected chi connectivity index (χ4v) is 4.64. The van der Waals surface area contributed by atoms with Gasteiger partial charge in [0.05, 0.1) is 11.0 Å². The second kappa shape index (κ2) is 10.5. The van der Waals surface area contributed by atoms with Gasteiger partial charge in [-0.05, 0) is 20.8 Å². The molecule has 0 unspecified atom stereocenters. The van der Waals surface area contributed by atoms with Gasteiger partial charge in [-0.25, -0.2) is 4.79 Å². The van der Waals surface area contributed by atoms with Gasteiger partial charge in [-0.1, -0.05) is 34.9 Å². The summed E-state index contributed by atoms with van der Waals surface area (Å²) in [6.45, 7) is 6.94. The Labute approximate surface area is 153 Å². The number of urea groups is 1. The number of aromatic nitrogens is 2. The van der Waals surface area contributed by atoms with Gasteiger partial charge >= 0.3 is 6.03 Å². The van der Waals surface area contributed by atoms with Crippen LogP contribution in [0.4, 0.5) is 4.79 Å². The zero-order chi connectivity index (χ0) is 18.1. The zero-order valence-corrected chi connectivity index (χ0v) is 16.4. The average Bonchev–Trinajstić information content (AvgIpc) is 3.01. The largest absolute Gasteiger partial charge is 0.343 e. The molecule has 0 aliphatic carbocycles. The summed E-state index contributed by atoms with van der Waals surface area (Å²) in [4.78, 5) is 36.6. The third-order valence-electron chi connectivity index (χ3n) is 2.93. The van der Waals surface area contributed by atoms with E-state index < -0.39 is 17.2 Å². The van der Waals surface area contributed by atoms with E-state index in [4.69, 9.17) is 0 Å². The number of hydrogen-bond acceptors (Lipinski definition) is 8. The summed E-state index contributed by atoms with van der Waals surface area (Å²) in [6, 6.07) is -0.545. The van der Waals surface area contributed by atoms with Gasteiger partial charge in [-0.3, -0.25) is 14.9 Å². The Morgan fingerprint density at radius 2 is 1.83 bits per heavy atom. The molecule has 1 rings (SSSR count). The fraction of sp³-hybridized carbons (Fsp3) is 0.615. The van der Waals surface area contributed by atoms with Gasteiger partial charge < -0.3 is 10.2 Å². The van der Waals surface area contributed by atoms with Gasteiger partial charge in [0.1, 0.15) is 0 Å². The van der Waals surface area contributed by atoms with E-state index in [-0.39, 0.29) is 5.91 Å². The number of nitrogens with zero attached hydrogens (tertiary/aromatic N) is 3. The smallest absolute Gasteiger partial charge is 0.321 e. The first kappa shape index (κ1) is 20.7. The van der Waals surface area contributed by atoms with Crippen molar-refractivity contribution in [2.24, 2.45) is 0 Å². The van der Waals surface area contributed by atoms with Crippen LogP contribution in [0, 0.1) is 0 Å². The Morgan fingerprint density at radius 3 is 2.42 bits per heavy atom. The fourth-order valence-electron chi connectivity index (χ4n) is 1.57. The second-order valence-corrected chi connectivity index (χ2v) is 8.30.